The van der Waals surface area contributed by atoms with Crippen molar-refractivity contribution in [2.45, 2.75) is 24.4 Å². The van der Waals surface area contributed by atoms with Crippen LogP contribution in [0.2, 0.25) is 0 Å². The van der Waals surface area contributed by atoms with Crippen molar-refractivity contribution in [3.8, 4) is 11.5 Å². The predicted octanol–water partition coefficient (Wildman–Crippen LogP) is 5.12. The van der Waals surface area contributed by atoms with E-state index >= 15 is 0 Å². The minimum atomic E-state index is -4.71. The minimum absolute atomic E-state index is 0.100. The smallest absolute Gasteiger partial charge is 0.416 e. The fraction of sp³-hybridized carbons (Fsp3) is 0.240. The van der Waals surface area contributed by atoms with Crippen LogP contribution in [-0.2, 0) is 27.4 Å². The third-order valence-corrected chi connectivity index (χ3v) is 7.11. The Morgan fingerprint density at radius 1 is 0.944 bits per heavy atom. The number of ether oxygens (including phenoxy) is 2. The van der Waals surface area contributed by atoms with Gasteiger partial charge in [-0.25, -0.2) is 8.42 Å². The summed E-state index contributed by atoms with van der Waals surface area (Å²) in [4.78, 5) is 12.6. The second-order valence-corrected chi connectivity index (χ2v) is 9.54. The Bertz CT molecular complexity index is 1330. The number of nitrogens with one attached hydrogen (secondary N) is 1. The molecule has 11 heteroatoms. The van der Waals surface area contributed by atoms with Crippen LogP contribution < -0.4 is 19.1 Å². The summed E-state index contributed by atoms with van der Waals surface area (Å²) in [7, 11) is -1.81. The van der Waals surface area contributed by atoms with Crippen LogP contribution in [0.15, 0.2) is 71.6 Å². The molecule has 0 fully saturated rings. The molecule has 3 rings (SSSR count). The average Bonchev–Trinajstić information content (AvgIpc) is 2.86. The first-order chi connectivity index (χ1) is 17.0. The van der Waals surface area contributed by atoms with Crippen molar-refractivity contribution < 1.29 is 35.9 Å². The molecule has 3 aromatic rings. The maximum atomic E-state index is 13.6. The van der Waals surface area contributed by atoms with E-state index in [1.807, 2.05) is 6.92 Å². The van der Waals surface area contributed by atoms with Crippen LogP contribution in [0.5, 0.6) is 11.5 Å². The Morgan fingerprint density at radius 3 is 2.19 bits per heavy atom. The van der Waals surface area contributed by atoms with Gasteiger partial charge in [-0.15, -0.1) is 0 Å². The fourth-order valence-electron chi connectivity index (χ4n) is 3.41. The predicted molar refractivity (Wildman–Crippen MR) is 130 cm³/mol. The van der Waals surface area contributed by atoms with Crippen molar-refractivity contribution in [2.75, 3.05) is 30.4 Å². The second kappa shape index (κ2) is 10.9. The number of methoxy groups -OCH3 is 2. The van der Waals surface area contributed by atoms with Crippen molar-refractivity contribution >= 4 is 27.3 Å². The number of hydrogen-bond donors (Lipinski definition) is 1. The van der Waals surface area contributed by atoms with Gasteiger partial charge in [0.2, 0.25) is 5.91 Å². The van der Waals surface area contributed by atoms with E-state index in [4.69, 9.17) is 9.47 Å². The Morgan fingerprint density at radius 2 is 1.61 bits per heavy atom. The van der Waals surface area contributed by atoms with E-state index in [0.29, 0.717) is 16.1 Å². The van der Waals surface area contributed by atoms with Gasteiger partial charge < -0.3 is 14.8 Å². The molecule has 0 spiro atoms. The van der Waals surface area contributed by atoms with E-state index in [9.17, 15) is 26.4 Å². The zero-order valence-electron chi connectivity index (χ0n) is 19.8. The van der Waals surface area contributed by atoms with E-state index in [1.165, 1.54) is 38.5 Å². The van der Waals surface area contributed by atoms with Crippen molar-refractivity contribution in [1.29, 1.82) is 0 Å². The lowest BCUT2D eigenvalue weighted by Crippen LogP contribution is -2.38. The summed E-state index contributed by atoms with van der Waals surface area (Å²) in [6, 6.07) is 14.5. The third-order valence-electron chi connectivity index (χ3n) is 5.34. The molecule has 0 aliphatic rings. The lowest BCUT2D eigenvalue weighted by atomic mass is 10.1. The molecule has 0 bridgehead atoms. The van der Waals surface area contributed by atoms with E-state index in [2.05, 4.69) is 5.32 Å². The van der Waals surface area contributed by atoms with Crippen LogP contribution in [0, 0.1) is 0 Å². The zero-order chi connectivity index (χ0) is 26.5. The van der Waals surface area contributed by atoms with Gasteiger partial charge in [-0.05, 0) is 54.4 Å². The Balaban J connectivity index is 2.03. The van der Waals surface area contributed by atoms with Crippen molar-refractivity contribution in [3.63, 3.8) is 0 Å². The summed E-state index contributed by atoms with van der Waals surface area (Å²) < 4.78 is 78.2. The molecule has 0 aliphatic heterocycles. The highest BCUT2D eigenvalue weighted by atomic mass is 32.2. The number of benzene rings is 3. The molecular weight excluding hydrogens is 497 g/mol. The van der Waals surface area contributed by atoms with Crippen molar-refractivity contribution in [1.82, 2.24) is 0 Å². The number of carbonyl (C=O) groups is 1. The lowest BCUT2D eigenvalue weighted by Gasteiger charge is -2.25. The summed E-state index contributed by atoms with van der Waals surface area (Å²) in [6.45, 7) is 1.20. The number of nitrogens with zero attached hydrogens (tertiary/aromatic N) is 1. The maximum absolute atomic E-state index is 13.6. The van der Waals surface area contributed by atoms with Gasteiger partial charge in [0.05, 0.1) is 30.4 Å². The highest BCUT2D eigenvalue weighted by Crippen LogP contribution is 2.35. The maximum Gasteiger partial charge on any atom is 0.416 e. The van der Waals surface area contributed by atoms with Gasteiger partial charge >= 0.3 is 6.18 Å². The molecule has 0 atom stereocenters. The normalized spacial score (nSPS) is 11.6. The Hall–Kier alpha value is -3.73. The molecule has 192 valence electrons. The highest BCUT2D eigenvalue weighted by molar-refractivity contribution is 7.92. The van der Waals surface area contributed by atoms with Crippen molar-refractivity contribution in [2.24, 2.45) is 0 Å². The van der Waals surface area contributed by atoms with E-state index in [1.54, 1.807) is 24.3 Å². The molecule has 0 unspecified atom stereocenters. The van der Waals surface area contributed by atoms with Gasteiger partial charge in [-0.2, -0.15) is 13.2 Å². The van der Waals surface area contributed by atoms with Crippen LogP contribution in [0.25, 0.3) is 0 Å². The van der Waals surface area contributed by atoms with Crippen LogP contribution in [0.1, 0.15) is 18.1 Å². The number of carbonyl (C=O) groups excluding carboxylic acids is 1. The van der Waals surface area contributed by atoms with Gasteiger partial charge in [0.15, 0.2) is 11.5 Å². The van der Waals surface area contributed by atoms with Gasteiger partial charge in [0, 0.05) is 11.8 Å². The number of hydrogen-bond acceptors (Lipinski definition) is 5. The largest absolute Gasteiger partial charge is 0.493 e. The lowest BCUT2D eigenvalue weighted by molar-refractivity contribution is -0.137. The molecule has 36 heavy (non-hydrogen) atoms. The highest BCUT2D eigenvalue weighted by Gasteiger charge is 2.33. The van der Waals surface area contributed by atoms with Crippen LogP contribution in [-0.4, -0.2) is 35.1 Å². The zero-order valence-corrected chi connectivity index (χ0v) is 20.6. The number of alkyl halides is 3. The Kier molecular flexibility index (Phi) is 8.13. The number of anilines is 2. The second-order valence-electron chi connectivity index (χ2n) is 7.68. The molecule has 0 radical (unpaired) electrons. The number of sulfonamides is 1. The van der Waals surface area contributed by atoms with Crippen LogP contribution >= 0.6 is 0 Å². The number of halogens is 3. The van der Waals surface area contributed by atoms with Crippen LogP contribution in [0.3, 0.4) is 0 Å². The quantitative estimate of drug-likeness (QED) is 0.422. The SMILES string of the molecule is CCc1ccc(NC(=O)CN(c2cccc(C(F)(F)F)c2)S(=O)(=O)c2ccc(OC)c(OC)c2)cc1. The van der Waals surface area contributed by atoms with Gasteiger partial charge in [0.1, 0.15) is 6.54 Å². The van der Waals surface area contributed by atoms with Crippen LogP contribution in [0.4, 0.5) is 24.5 Å². The third kappa shape index (κ3) is 6.09. The van der Waals surface area contributed by atoms with Gasteiger partial charge in [-0.1, -0.05) is 25.1 Å². The van der Waals surface area contributed by atoms with Crippen molar-refractivity contribution in [3.05, 3.63) is 77.9 Å². The molecule has 0 aliphatic carbocycles. The fourth-order valence-corrected chi connectivity index (χ4v) is 4.84. The molecule has 7 nitrogen and oxygen atoms in total. The van der Waals surface area contributed by atoms with Gasteiger partial charge in [0.25, 0.3) is 10.0 Å². The molecule has 0 saturated carbocycles. The van der Waals surface area contributed by atoms with E-state index in [0.717, 1.165) is 24.1 Å². The molecule has 0 heterocycles. The number of amides is 1. The molecule has 1 N–H and O–H groups in total. The summed E-state index contributed by atoms with van der Waals surface area (Å²) in [5, 5.41) is 2.59. The standard InChI is InChI=1S/C25H25F3N2O5S/c1-4-17-8-10-19(11-9-17)29-24(31)16-30(20-7-5-6-18(14-20)25(26,27)28)36(32,33)21-12-13-22(34-2)23(15-21)35-3/h5-15H,4,16H2,1-3H3,(H,29,31). The summed E-state index contributed by atoms with van der Waals surface area (Å²) in [5.74, 6) is -0.376. The summed E-state index contributed by atoms with van der Waals surface area (Å²) >= 11 is 0. The monoisotopic (exact) mass is 522 g/mol. The van der Waals surface area contributed by atoms with Gasteiger partial charge in [-0.3, -0.25) is 9.10 Å². The molecule has 0 aromatic heterocycles. The summed E-state index contributed by atoms with van der Waals surface area (Å²) in [5.41, 5.74) is 0.0819. The topological polar surface area (TPSA) is 84.9 Å². The number of rotatable bonds is 9. The summed E-state index contributed by atoms with van der Waals surface area (Å²) in [6.07, 6.45) is -3.92. The average molecular weight is 523 g/mol. The first-order valence-corrected chi connectivity index (χ1v) is 12.2. The first-order valence-electron chi connectivity index (χ1n) is 10.8. The van der Waals surface area contributed by atoms with E-state index < -0.39 is 34.2 Å². The number of aryl methyl sites for hydroxylation is 1. The molecule has 1 amide bonds. The molecule has 3 aromatic carbocycles. The first kappa shape index (κ1) is 26.9. The molecule has 0 saturated heterocycles. The van der Waals surface area contributed by atoms with E-state index in [-0.39, 0.29) is 22.1 Å². The Labute approximate surface area is 207 Å². The minimum Gasteiger partial charge on any atom is -0.493 e. The molecular formula is C25H25F3N2O5S.